The van der Waals surface area contributed by atoms with Gasteiger partial charge in [-0.2, -0.15) is 18.3 Å². The van der Waals surface area contributed by atoms with Crippen LogP contribution in [0, 0.1) is 5.92 Å². The van der Waals surface area contributed by atoms with Crippen LogP contribution in [-0.4, -0.2) is 59.5 Å². The van der Waals surface area contributed by atoms with Crippen molar-refractivity contribution < 1.29 is 17.6 Å². The van der Waals surface area contributed by atoms with Crippen LogP contribution in [0.25, 0.3) is 0 Å². The molecule has 1 saturated heterocycles. The Morgan fingerprint density at radius 2 is 1.91 bits per heavy atom. The lowest BCUT2D eigenvalue weighted by atomic mass is 9.97. The first-order chi connectivity index (χ1) is 15.1. The number of alkyl halides is 3. The molecule has 1 unspecified atom stereocenters. The highest BCUT2D eigenvalue weighted by molar-refractivity contribution is 7.97. The lowest BCUT2D eigenvalue weighted by molar-refractivity contribution is -0.187. The molecule has 0 aliphatic carbocycles. The SMILES string of the molecule is CCN/C(S)=N/N=C(C)/C(=N/N=C(\S)NC)c1ccc(CN2CCCC(C(F)(F)F)C2)o1. The van der Waals surface area contributed by atoms with E-state index < -0.39 is 12.1 Å². The van der Waals surface area contributed by atoms with E-state index in [0.717, 1.165) is 0 Å². The summed E-state index contributed by atoms with van der Waals surface area (Å²) < 4.78 is 45.1. The van der Waals surface area contributed by atoms with Crippen molar-refractivity contribution in [2.75, 3.05) is 26.7 Å². The van der Waals surface area contributed by atoms with Crippen molar-refractivity contribution in [1.82, 2.24) is 15.5 Å². The molecule has 178 valence electrons. The van der Waals surface area contributed by atoms with E-state index in [2.05, 4.69) is 56.3 Å². The number of nitrogens with zero attached hydrogens (tertiary/aromatic N) is 5. The number of hydrogen-bond acceptors (Lipinski definition) is 6. The Balaban J connectivity index is 2.23. The first kappa shape index (κ1) is 26.3. The molecule has 13 heteroatoms. The molecule has 0 spiro atoms. The minimum Gasteiger partial charge on any atom is -0.458 e. The van der Waals surface area contributed by atoms with E-state index in [1.54, 1.807) is 31.0 Å². The molecule has 0 saturated carbocycles. The maximum absolute atomic E-state index is 13.1. The Labute approximate surface area is 196 Å². The van der Waals surface area contributed by atoms with Crippen LogP contribution in [0.4, 0.5) is 13.2 Å². The van der Waals surface area contributed by atoms with Crippen molar-refractivity contribution in [3.05, 3.63) is 23.7 Å². The Morgan fingerprint density at radius 1 is 1.19 bits per heavy atom. The molecule has 2 rings (SSSR count). The minimum absolute atomic E-state index is 0.0414. The Kier molecular flexibility index (Phi) is 10.1. The fraction of sp³-hybridized carbons (Fsp3) is 0.579. The molecule has 1 aliphatic heterocycles. The van der Waals surface area contributed by atoms with Crippen LogP contribution in [0.1, 0.15) is 38.2 Å². The van der Waals surface area contributed by atoms with Crippen LogP contribution >= 0.6 is 25.3 Å². The van der Waals surface area contributed by atoms with Gasteiger partial charge in [-0.1, -0.05) is 0 Å². The number of piperidine rings is 1. The van der Waals surface area contributed by atoms with Gasteiger partial charge in [-0.3, -0.25) is 4.90 Å². The van der Waals surface area contributed by atoms with Crippen LogP contribution in [0.2, 0.25) is 0 Å². The molecule has 1 aromatic heterocycles. The lowest BCUT2D eigenvalue weighted by Crippen LogP contribution is -2.41. The molecule has 1 fully saturated rings. The van der Waals surface area contributed by atoms with Crippen molar-refractivity contribution in [3.63, 3.8) is 0 Å². The van der Waals surface area contributed by atoms with E-state index >= 15 is 0 Å². The number of thiol groups is 2. The van der Waals surface area contributed by atoms with E-state index in [1.807, 2.05) is 6.92 Å². The Hall–Kier alpha value is -1.99. The normalized spacial score (nSPS) is 19.9. The van der Waals surface area contributed by atoms with Crippen LogP contribution in [0.5, 0.6) is 0 Å². The van der Waals surface area contributed by atoms with E-state index in [-0.39, 0.29) is 24.7 Å². The third-order valence-corrected chi connectivity index (χ3v) is 5.24. The summed E-state index contributed by atoms with van der Waals surface area (Å²) in [6, 6.07) is 3.39. The average Bonchev–Trinajstić information content (AvgIpc) is 3.20. The van der Waals surface area contributed by atoms with Crippen LogP contribution in [-0.2, 0) is 6.54 Å². The fourth-order valence-corrected chi connectivity index (χ4v) is 3.33. The first-order valence-electron chi connectivity index (χ1n) is 10.1. The number of hydrogen-bond donors (Lipinski definition) is 4. The minimum atomic E-state index is -4.19. The van der Waals surface area contributed by atoms with Gasteiger partial charge in [0.1, 0.15) is 5.76 Å². The van der Waals surface area contributed by atoms with Gasteiger partial charge in [-0.25, -0.2) is 0 Å². The average molecular weight is 492 g/mol. The molecule has 0 aromatic carbocycles. The second-order valence-corrected chi connectivity index (χ2v) is 7.99. The maximum Gasteiger partial charge on any atom is 0.393 e. The van der Waals surface area contributed by atoms with Crippen molar-refractivity contribution >= 4 is 47.0 Å². The first-order valence-corrected chi connectivity index (χ1v) is 11.0. The van der Waals surface area contributed by atoms with Crippen molar-refractivity contribution in [1.29, 1.82) is 0 Å². The van der Waals surface area contributed by atoms with E-state index in [4.69, 9.17) is 4.42 Å². The largest absolute Gasteiger partial charge is 0.458 e. The second kappa shape index (κ2) is 12.3. The zero-order valence-corrected chi connectivity index (χ0v) is 19.9. The summed E-state index contributed by atoms with van der Waals surface area (Å²) in [6.07, 6.45) is -3.53. The van der Waals surface area contributed by atoms with Gasteiger partial charge in [-0.15, -0.1) is 40.6 Å². The van der Waals surface area contributed by atoms with Gasteiger partial charge in [0.25, 0.3) is 0 Å². The molecular weight excluding hydrogens is 463 g/mol. The molecule has 8 nitrogen and oxygen atoms in total. The lowest BCUT2D eigenvalue weighted by Gasteiger charge is -2.33. The highest BCUT2D eigenvalue weighted by Crippen LogP contribution is 2.33. The summed E-state index contributed by atoms with van der Waals surface area (Å²) in [7, 11) is 1.65. The molecule has 1 atom stereocenters. The number of rotatable bonds is 7. The van der Waals surface area contributed by atoms with Crippen LogP contribution in [0.3, 0.4) is 0 Å². The van der Waals surface area contributed by atoms with Gasteiger partial charge in [-0.05, 0) is 45.4 Å². The Bertz CT molecular complexity index is 881. The van der Waals surface area contributed by atoms with Gasteiger partial charge < -0.3 is 15.1 Å². The maximum atomic E-state index is 13.1. The molecule has 2 N–H and O–H groups in total. The highest BCUT2D eigenvalue weighted by Gasteiger charge is 2.41. The Morgan fingerprint density at radius 3 is 2.56 bits per heavy atom. The zero-order valence-electron chi connectivity index (χ0n) is 18.1. The van der Waals surface area contributed by atoms with E-state index in [9.17, 15) is 13.2 Å². The monoisotopic (exact) mass is 491 g/mol. The summed E-state index contributed by atoms with van der Waals surface area (Å²) in [4.78, 5) is 1.75. The van der Waals surface area contributed by atoms with Gasteiger partial charge >= 0.3 is 6.18 Å². The topological polar surface area (TPSA) is 89.9 Å². The quantitative estimate of drug-likeness (QED) is 0.203. The van der Waals surface area contributed by atoms with E-state index in [1.165, 1.54) is 0 Å². The summed E-state index contributed by atoms with van der Waals surface area (Å²) in [5.74, 6) is -0.420. The summed E-state index contributed by atoms with van der Waals surface area (Å²) in [5, 5.41) is 22.5. The highest BCUT2D eigenvalue weighted by atomic mass is 32.1. The van der Waals surface area contributed by atoms with Gasteiger partial charge in [0, 0.05) is 20.1 Å². The molecule has 0 amide bonds. The predicted octanol–water partition coefficient (Wildman–Crippen LogP) is 3.53. The standard InChI is InChI=1S/C19H28F3N7OS2/c1-4-24-18(32)28-25-12(2)16(26-27-17(31)23-3)15-8-7-14(30-15)11-29-9-5-6-13(10-29)19(20,21)22/h7-8,13H,4-6,9-11H2,1-3H3,(H2,23,27,31)(H2,24,28,32)/b25-12+,26-16-. The fourth-order valence-electron chi connectivity index (χ4n) is 3.09. The molecular formula is C19H28F3N7OS2. The van der Waals surface area contributed by atoms with Gasteiger partial charge in [0.2, 0.25) is 0 Å². The van der Waals surface area contributed by atoms with Gasteiger partial charge in [0.15, 0.2) is 21.8 Å². The summed E-state index contributed by atoms with van der Waals surface area (Å²) >= 11 is 8.31. The second-order valence-electron chi connectivity index (χ2n) is 7.14. The molecule has 1 aliphatic rings. The molecule has 32 heavy (non-hydrogen) atoms. The summed E-state index contributed by atoms with van der Waals surface area (Å²) in [5.41, 5.74) is 0.720. The third kappa shape index (κ3) is 8.17. The van der Waals surface area contributed by atoms with E-state index in [0.29, 0.717) is 47.6 Å². The predicted molar refractivity (Wildman–Crippen MR) is 128 cm³/mol. The van der Waals surface area contributed by atoms with Crippen LogP contribution in [0.15, 0.2) is 37.0 Å². The third-order valence-electron chi connectivity index (χ3n) is 4.68. The van der Waals surface area contributed by atoms with Gasteiger partial charge in [0.05, 0.1) is 18.2 Å². The van der Waals surface area contributed by atoms with Crippen molar-refractivity contribution in [3.8, 4) is 0 Å². The van der Waals surface area contributed by atoms with Crippen LogP contribution < -0.4 is 10.6 Å². The smallest absolute Gasteiger partial charge is 0.393 e. The number of nitrogens with one attached hydrogen (secondary N) is 2. The molecule has 0 bridgehead atoms. The number of amidine groups is 2. The molecule has 1 aromatic rings. The zero-order chi connectivity index (χ0) is 23.7. The van der Waals surface area contributed by atoms with Crippen molar-refractivity contribution in [2.45, 2.75) is 39.4 Å². The number of halogens is 3. The van der Waals surface area contributed by atoms with Crippen molar-refractivity contribution in [2.24, 2.45) is 26.3 Å². The number of furan rings is 1. The molecule has 2 heterocycles. The molecule has 0 radical (unpaired) electrons. The summed E-state index contributed by atoms with van der Waals surface area (Å²) in [6.45, 7) is 5.04. The number of likely N-dealkylation sites (tertiary alicyclic amines) is 1.